The molecule has 2 N–H and O–H groups in total. The summed E-state index contributed by atoms with van der Waals surface area (Å²) < 4.78 is 5.76. The normalized spacial score (nSPS) is 29.1. The predicted octanol–water partition coefficient (Wildman–Crippen LogP) is 0.557. The molecule has 0 aliphatic carbocycles. The van der Waals surface area contributed by atoms with Gasteiger partial charge in [0.05, 0.1) is 12.7 Å². The second-order valence-electron chi connectivity index (χ2n) is 5.26. The highest BCUT2D eigenvalue weighted by Crippen LogP contribution is 2.22. The van der Waals surface area contributed by atoms with Gasteiger partial charge in [-0.2, -0.15) is 0 Å². The number of hydrogen-bond donors (Lipinski definition) is 2. The van der Waals surface area contributed by atoms with Crippen LogP contribution in [0.2, 0.25) is 0 Å². The number of hydrogen-bond acceptors (Lipinski definition) is 3. The van der Waals surface area contributed by atoms with E-state index >= 15 is 0 Å². The molecular formula is C12H23N3O2. The molecule has 0 saturated carbocycles. The van der Waals surface area contributed by atoms with Crippen LogP contribution in [0.4, 0.5) is 4.79 Å². The van der Waals surface area contributed by atoms with Gasteiger partial charge in [0.2, 0.25) is 0 Å². The molecule has 2 saturated heterocycles. The molecule has 0 radical (unpaired) electrons. The number of ether oxygens (including phenoxy) is 1. The maximum atomic E-state index is 11.4. The minimum Gasteiger partial charge on any atom is -0.373 e. The average Bonchev–Trinajstić information content (AvgIpc) is 2.72. The molecule has 98 valence electrons. The number of fused-ring (bicyclic) bond motifs is 1. The standard InChI is InChI=1S/C12H23N3O2/c1-9(2)14-12(16)13-6-11-7-15-5-3-4-10(15)8-17-11/h9-11H,3-8H2,1-2H3,(H2,13,14,16). The van der Waals surface area contributed by atoms with E-state index < -0.39 is 0 Å². The van der Waals surface area contributed by atoms with Crippen LogP contribution in [-0.4, -0.2) is 55.4 Å². The van der Waals surface area contributed by atoms with Gasteiger partial charge in [0, 0.05) is 25.2 Å². The molecular weight excluding hydrogens is 218 g/mol. The highest BCUT2D eigenvalue weighted by molar-refractivity contribution is 5.74. The van der Waals surface area contributed by atoms with Crippen molar-refractivity contribution in [3.63, 3.8) is 0 Å². The third-order valence-corrected chi connectivity index (χ3v) is 3.37. The molecule has 0 aromatic rings. The van der Waals surface area contributed by atoms with E-state index in [-0.39, 0.29) is 18.2 Å². The van der Waals surface area contributed by atoms with E-state index in [9.17, 15) is 4.79 Å². The lowest BCUT2D eigenvalue weighted by Crippen LogP contribution is -2.51. The van der Waals surface area contributed by atoms with Crippen LogP contribution in [0.3, 0.4) is 0 Å². The number of carbonyl (C=O) groups excluding carboxylic acids is 1. The van der Waals surface area contributed by atoms with Crippen LogP contribution in [0.1, 0.15) is 26.7 Å². The Hall–Kier alpha value is -0.810. The second-order valence-corrected chi connectivity index (χ2v) is 5.26. The first kappa shape index (κ1) is 12.6. The quantitative estimate of drug-likeness (QED) is 0.759. The molecule has 2 fully saturated rings. The smallest absolute Gasteiger partial charge is 0.315 e. The molecule has 5 nitrogen and oxygen atoms in total. The number of rotatable bonds is 3. The summed E-state index contributed by atoms with van der Waals surface area (Å²) in [7, 11) is 0. The Balaban J connectivity index is 1.68. The van der Waals surface area contributed by atoms with Crippen molar-refractivity contribution < 1.29 is 9.53 Å². The van der Waals surface area contributed by atoms with Gasteiger partial charge in [-0.15, -0.1) is 0 Å². The average molecular weight is 241 g/mol. The molecule has 0 aromatic carbocycles. The second kappa shape index (κ2) is 5.69. The molecule has 2 atom stereocenters. The molecule has 0 aromatic heterocycles. The summed E-state index contributed by atoms with van der Waals surface area (Å²) in [6, 6.07) is 0.688. The summed E-state index contributed by atoms with van der Waals surface area (Å²) >= 11 is 0. The number of morpholine rings is 1. The Morgan fingerprint density at radius 1 is 1.53 bits per heavy atom. The molecule has 2 amide bonds. The van der Waals surface area contributed by atoms with Crippen molar-refractivity contribution >= 4 is 6.03 Å². The van der Waals surface area contributed by atoms with Crippen molar-refractivity contribution in [3.05, 3.63) is 0 Å². The van der Waals surface area contributed by atoms with Crippen LogP contribution in [0.15, 0.2) is 0 Å². The van der Waals surface area contributed by atoms with E-state index in [1.165, 1.54) is 19.4 Å². The maximum Gasteiger partial charge on any atom is 0.315 e. The van der Waals surface area contributed by atoms with Crippen LogP contribution in [0, 0.1) is 0 Å². The fraction of sp³-hybridized carbons (Fsp3) is 0.917. The summed E-state index contributed by atoms with van der Waals surface area (Å²) in [6.45, 7) is 7.45. The SMILES string of the molecule is CC(C)NC(=O)NCC1CN2CCCC2CO1. The molecule has 17 heavy (non-hydrogen) atoms. The van der Waals surface area contributed by atoms with Crippen molar-refractivity contribution in [2.45, 2.75) is 44.9 Å². The van der Waals surface area contributed by atoms with Gasteiger partial charge in [-0.05, 0) is 33.2 Å². The van der Waals surface area contributed by atoms with Crippen LogP contribution in [0.5, 0.6) is 0 Å². The first-order chi connectivity index (χ1) is 8.15. The summed E-state index contributed by atoms with van der Waals surface area (Å²) in [5.74, 6) is 0. The zero-order chi connectivity index (χ0) is 12.3. The fourth-order valence-electron chi connectivity index (χ4n) is 2.53. The van der Waals surface area contributed by atoms with Gasteiger partial charge in [-0.1, -0.05) is 0 Å². The molecule has 2 heterocycles. The van der Waals surface area contributed by atoms with Gasteiger partial charge in [-0.3, -0.25) is 4.90 Å². The topological polar surface area (TPSA) is 53.6 Å². The Morgan fingerprint density at radius 3 is 3.12 bits per heavy atom. The van der Waals surface area contributed by atoms with E-state index in [1.54, 1.807) is 0 Å². The number of amides is 2. The van der Waals surface area contributed by atoms with Crippen LogP contribution in [-0.2, 0) is 4.74 Å². The fourth-order valence-corrected chi connectivity index (χ4v) is 2.53. The largest absolute Gasteiger partial charge is 0.373 e. The van der Waals surface area contributed by atoms with Crippen LogP contribution < -0.4 is 10.6 Å². The zero-order valence-electron chi connectivity index (χ0n) is 10.7. The van der Waals surface area contributed by atoms with E-state index in [0.717, 1.165) is 13.2 Å². The van der Waals surface area contributed by atoms with Crippen molar-refractivity contribution in [2.75, 3.05) is 26.2 Å². The number of nitrogens with one attached hydrogen (secondary N) is 2. The molecule has 2 aliphatic rings. The van der Waals surface area contributed by atoms with Gasteiger partial charge < -0.3 is 15.4 Å². The molecule has 0 bridgehead atoms. The molecule has 2 unspecified atom stereocenters. The number of urea groups is 1. The molecule has 0 spiro atoms. The van der Waals surface area contributed by atoms with E-state index in [2.05, 4.69) is 15.5 Å². The van der Waals surface area contributed by atoms with Gasteiger partial charge in [0.1, 0.15) is 0 Å². The van der Waals surface area contributed by atoms with E-state index in [1.807, 2.05) is 13.8 Å². The van der Waals surface area contributed by atoms with Gasteiger partial charge in [0.25, 0.3) is 0 Å². The zero-order valence-corrected chi connectivity index (χ0v) is 10.7. The van der Waals surface area contributed by atoms with Crippen molar-refractivity contribution in [2.24, 2.45) is 0 Å². The molecule has 5 heteroatoms. The van der Waals surface area contributed by atoms with E-state index in [0.29, 0.717) is 12.6 Å². The molecule has 2 rings (SSSR count). The van der Waals surface area contributed by atoms with Crippen molar-refractivity contribution in [3.8, 4) is 0 Å². The lowest BCUT2D eigenvalue weighted by Gasteiger charge is -2.35. The summed E-state index contributed by atoms with van der Waals surface area (Å²) in [5, 5.41) is 5.67. The Kier molecular flexibility index (Phi) is 4.23. The predicted molar refractivity (Wildman–Crippen MR) is 66.0 cm³/mol. The van der Waals surface area contributed by atoms with Crippen molar-refractivity contribution in [1.82, 2.24) is 15.5 Å². The Labute approximate surface area is 103 Å². The summed E-state index contributed by atoms with van der Waals surface area (Å²) in [6.07, 6.45) is 2.68. The first-order valence-corrected chi connectivity index (χ1v) is 6.55. The summed E-state index contributed by atoms with van der Waals surface area (Å²) in [4.78, 5) is 13.9. The maximum absolute atomic E-state index is 11.4. The minimum atomic E-state index is -0.104. The third kappa shape index (κ3) is 3.57. The van der Waals surface area contributed by atoms with Gasteiger partial charge in [0.15, 0.2) is 0 Å². The first-order valence-electron chi connectivity index (χ1n) is 6.55. The number of nitrogens with zero attached hydrogens (tertiary/aromatic N) is 1. The molecule has 2 aliphatic heterocycles. The lowest BCUT2D eigenvalue weighted by atomic mass is 10.2. The Morgan fingerprint density at radius 2 is 2.35 bits per heavy atom. The number of carbonyl (C=O) groups is 1. The van der Waals surface area contributed by atoms with E-state index in [4.69, 9.17) is 4.74 Å². The highest BCUT2D eigenvalue weighted by Gasteiger charge is 2.32. The lowest BCUT2D eigenvalue weighted by molar-refractivity contribution is -0.0458. The Bertz CT molecular complexity index is 270. The monoisotopic (exact) mass is 241 g/mol. The van der Waals surface area contributed by atoms with Crippen molar-refractivity contribution in [1.29, 1.82) is 0 Å². The van der Waals surface area contributed by atoms with Gasteiger partial charge in [-0.25, -0.2) is 4.79 Å². The minimum absolute atomic E-state index is 0.104. The van der Waals surface area contributed by atoms with Crippen LogP contribution >= 0.6 is 0 Å². The van der Waals surface area contributed by atoms with Gasteiger partial charge >= 0.3 is 6.03 Å². The third-order valence-electron chi connectivity index (χ3n) is 3.37. The van der Waals surface area contributed by atoms with Crippen LogP contribution in [0.25, 0.3) is 0 Å². The highest BCUT2D eigenvalue weighted by atomic mass is 16.5. The summed E-state index contributed by atoms with van der Waals surface area (Å²) in [5.41, 5.74) is 0.